The molecule has 0 saturated carbocycles. The van der Waals surface area contributed by atoms with Crippen LogP contribution in [-0.4, -0.2) is 26.4 Å². The van der Waals surface area contributed by atoms with E-state index in [1.54, 1.807) is 12.1 Å². The van der Waals surface area contributed by atoms with Gasteiger partial charge in [-0.3, -0.25) is 14.2 Å². The molecule has 0 bridgehead atoms. The van der Waals surface area contributed by atoms with E-state index in [9.17, 15) is 9.59 Å². The lowest BCUT2D eigenvalue weighted by Crippen LogP contribution is -2.25. The van der Waals surface area contributed by atoms with Crippen LogP contribution in [-0.2, 0) is 4.79 Å². The Hall–Kier alpha value is -2.02. The topological polar surface area (TPSA) is 85.3 Å². The second kappa shape index (κ2) is 4.58. The molecule has 1 N–H and O–H groups in total. The third-order valence-electron chi connectivity index (χ3n) is 2.87. The summed E-state index contributed by atoms with van der Waals surface area (Å²) in [5.74, 6) is 0.166. The molecule has 1 aliphatic heterocycles. The molecule has 1 aliphatic rings. The van der Waals surface area contributed by atoms with Crippen molar-refractivity contribution < 1.29 is 14.3 Å². The molecular formula is C12H10N2O4S. The van der Waals surface area contributed by atoms with Gasteiger partial charge in [0, 0.05) is 11.8 Å². The van der Waals surface area contributed by atoms with Crippen molar-refractivity contribution in [3.05, 3.63) is 34.8 Å². The van der Waals surface area contributed by atoms with Crippen molar-refractivity contribution in [2.75, 3.05) is 5.75 Å². The Morgan fingerprint density at radius 3 is 3.16 bits per heavy atom. The largest absolute Gasteiger partial charge is 0.481 e. The number of furan rings is 1. The Balaban J connectivity index is 2.03. The molecule has 3 rings (SSSR count). The van der Waals surface area contributed by atoms with Gasteiger partial charge in [-0.15, -0.1) is 0 Å². The zero-order valence-corrected chi connectivity index (χ0v) is 10.6. The third kappa shape index (κ3) is 2.17. The highest BCUT2D eigenvalue weighted by molar-refractivity contribution is 7.99. The Labute approximate surface area is 112 Å². The first-order valence-corrected chi connectivity index (χ1v) is 6.66. The van der Waals surface area contributed by atoms with Crippen LogP contribution in [0.2, 0.25) is 0 Å². The summed E-state index contributed by atoms with van der Waals surface area (Å²) in [5.41, 5.74) is 0.234. The van der Waals surface area contributed by atoms with Gasteiger partial charge in [0.1, 0.15) is 5.69 Å². The van der Waals surface area contributed by atoms with Crippen LogP contribution in [0.15, 0.2) is 38.8 Å². The first kappa shape index (κ1) is 12.0. The van der Waals surface area contributed by atoms with Crippen LogP contribution in [0.3, 0.4) is 0 Å². The summed E-state index contributed by atoms with van der Waals surface area (Å²) in [4.78, 5) is 27.2. The molecule has 7 heteroatoms. The van der Waals surface area contributed by atoms with Crippen molar-refractivity contribution in [1.29, 1.82) is 0 Å². The Morgan fingerprint density at radius 2 is 2.47 bits per heavy atom. The molecule has 2 aromatic rings. The molecule has 98 valence electrons. The number of carboxylic acids is 1. The normalized spacial score (nSPS) is 17.4. The van der Waals surface area contributed by atoms with Gasteiger partial charge in [0.25, 0.3) is 5.56 Å². The number of fused-ring (bicyclic) bond motifs is 1. The molecule has 0 saturated heterocycles. The van der Waals surface area contributed by atoms with Crippen molar-refractivity contribution in [3.63, 3.8) is 0 Å². The molecule has 0 unspecified atom stereocenters. The number of hydrogen-bond donors (Lipinski definition) is 1. The second-order valence-corrected chi connectivity index (χ2v) is 5.16. The van der Waals surface area contributed by atoms with E-state index in [0.717, 1.165) is 0 Å². The summed E-state index contributed by atoms with van der Waals surface area (Å²) in [5, 5.41) is 9.38. The lowest BCUT2D eigenvalue weighted by Gasteiger charge is -2.10. The molecule has 0 radical (unpaired) electrons. The van der Waals surface area contributed by atoms with E-state index in [4.69, 9.17) is 9.52 Å². The number of thioether (sulfide) groups is 1. The van der Waals surface area contributed by atoms with Gasteiger partial charge in [-0.05, 0) is 12.1 Å². The van der Waals surface area contributed by atoms with Crippen LogP contribution in [0.5, 0.6) is 0 Å². The molecule has 0 fully saturated rings. The number of carbonyl (C=O) groups is 1. The predicted molar refractivity (Wildman–Crippen MR) is 68.2 cm³/mol. The van der Waals surface area contributed by atoms with Gasteiger partial charge < -0.3 is 9.52 Å². The predicted octanol–water partition coefficient (Wildman–Crippen LogP) is 1.62. The minimum absolute atomic E-state index is 0.0678. The number of rotatable bonds is 3. The molecule has 0 amide bonds. The fourth-order valence-corrected chi connectivity index (χ4v) is 3.20. The zero-order valence-electron chi connectivity index (χ0n) is 9.78. The summed E-state index contributed by atoms with van der Waals surface area (Å²) in [6.07, 6.45) is 1.45. The van der Waals surface area contributed by atoms with E-state index in [1.165, 1.54) is 28.7 Å². The Kier molecular flexibility index (Phi) is 2.90. The van der Waals surface area contributed by atoms with Crippen LogP contribution in [0.1, 0.15) is 12.5 Å². The standard InChI is InChI=1S/C12H10N2O4S/c15-10-5-8(9-2-1-3-18-9)13-12-14(10)7(6-19-12)4-11(16)17/h1-3,5,7H,4,6H2,(H,16,17)/t7-/m1/s1. The first-order chi connectivity index (χ1) is 9.15. The molecule has 3 heterocycles. The van der Waals surface area contributed by atoms with Gasteiger partial charge in [0.15, 0.2) is 10.9 Å². The van der Waals surface area contributed by atoms with Crippen molar-refractivity contribution in [1.82, 2.24) is 9.55 Å². The fourth-order valence-electron chi connectivity index (χ4n) is 2.06. The van der Waals surface area contributed by atoms with Crippen LogP contribution < -0.4 is 5.56 Å². The van der Waals surface area contributed by atoms with Gasteiger partial charge in [0.2, 0.25) is 0 Å². The molecule has 1 atom stereocenters. The van der Waals surface area contributed by atoms with E-state index in [-0.39, 0.29) is 18.0 Å². The van der Waals surface area contributed by atoms with E-state index in [2.05, 4.69) is 4.98 Å². The third-order valence-corrected chi connectivity index (χ3v) is 3.97. The maximum atomic E-state index is 12.1. The highest BCUT2D eigenvalue weighted by Crippen LogP contribution is 2.33. The van der Waals surface area contributed by atoms with Crippen molar-refractivity contribution in [2.24, 2.45) is 0 Å². The molecular weight excluding hydrogens is 268 g/mol. The summed E-state index contributed by atoms with van der Waals surface area (Å²) >= 11 is 1.39. The highest BCUT2D eigenvalue weighted by atomic mass is 32.2. The number of nitrogens with zero attached hydrogens (tertiary/aromatic N) is 2. The minimum Gasteiger partial charge on any atom is -0.481 e. The van der Waals surface area contributed by atoms with Crippen LogP contribution in [0.4, 0.5) is 0 Å². The molecule has 0 aromatic carbocycles. The van der Waals surface area contributed by atoms with Gasteiger partial charge in [-0.1, -0.05) is 11.8 Å². The smallest absolute Gasteiger partial charge is 0.305 e. The van der Waals surface area contributed by atoms with E-state index in [1.807, 2.05) is 0 Å². The average molecular weight is 278 g/mol. The van der Waals surface area contributed by atoms with E-state index in [0.29, 0.717) is 22.4 Å². The number of hydrogen-bond acceptors (Lipinski definition) is 5. The highest BCUT2D eigenvalue weighted by Gasteiger charge is 2.27. The van der Waals surface area contributed by atoms with Crippen molar-refractivity contribution in [3.8, 4) is 11.5 Å². The maximum Gasteiger partial charge on any atom is 0.305 e. The lowest BCUT2D eigenvalue weighted by atomic mass is 10.2. The summed E-state index contributed by atoms with van der Waals surface area (Å²) in [6.45, 7) is 0. The van der Waals surface area contributed by atoms with Crippen LogP contribution in [0, 0.1) is 0 Å². The molecule has 0 aliphatic carbocycles. The van der Waals surface area contributed by atoms with Gasteiger partial charge in [-0.25, -0.2) is 4.98 Å². The zero-order chi connectivity index (χ0) is 13.4. The minimum atomic E-state index is -0.916. The number of carboxylic acid groups (broad SMARTS) is 1. The summed E-state index contributed by atoms with van der Waals surface area (Å²) in [6, 6.07) is 4.50. The van der Waals surface area contributed by atoms with Crippen LogP contribution >= 0.6 is 11.8 Å². The van der Waals surface area contributed by atoms with E-state index >= 15 is 0 Å². The number of aliphatic carboxylic acids is 1. The molecule has 0 spiro atoms. The quantitative estimate of drug-likeness (QED) is 0.859. The van der Waals surface area contributed by atoms with E-state index < -0.39 is 5.97 Å². The van der Waals surface area contributed by atoms with Gasteiger partial charge in [0.05, 0.1) is 18.7 Å². The number of aromatic nitrogens is 2. The molecule has 2 aromatic heterocycles. The monoisotopic (exact) mass is 278 g/mol. The SMILES string of the molecule is O=C(O)C[C@@H]1CSc2nc(-c3ccco3)cc(=O)n21. The summed E-state index contributed by atoms with van der Waals surface area (Å²) < 4.78 is 6.66. The summed E-state index contributed by atoms with van der Waals surface area (Å²) in [7, 11) is 0. The Morgan fingerprint density at radius 1 is 1.63 bits per heavy atom. The van der Waals surface area contributed by atoms with Gasteiger partial charge in [-0.2, -0.15) is 0 Å². The Bertz CT molecular complexity index is 678. The molecule has 19 heavy (non-hydrogen) atoms. The fraction of sp³-hybridized carbons (Fsp3) is 0.250. The van der Waals surface area contributed by atoms with Crippen molar-refractivity contribution in [2.45, 2.75) is 17.6 Å². The van der Waals surface area contributed by atoms with Gasteiger partial charge >= 0.3 is 5.97 Å². The van der Waals surface area contributed by atoms with Crippen molar-refractivity contribution >= 4 is 17.7 Å². The van der Waals surface area contributed by atoms with Crippen LogP contribution in [0.25, 0.3) is 11.5 Å². The maximum absolute atomic E-state index is 12.1. The molecule has 6 nitrogen and oxygen atoms in total. The average Bonchev–Trinajstić information content (AvgIpc) is 2.97. The lowest BCUT2D eigenvalue weighted by molar-refractivity contribution is -0.137. The first-order valence-electron chi connectivity index (χ1n) is 5.67. The second-order valence-electron chi connectivity index (χ2n) is 4.17.